The molecule has 1 heterocycles. The molecule has 0 radical (unpaired) electrons. The summed E-state index contributed by atoms with van der Waals surface area (Å²) in [5.41, 5.74) is 4.31. The number of anilines is 1. The summed E-state index contributed by atoms with van der Waals surface area (Å²) in [6.45, 7) is 9.30. The molecule has 0 aliphatic carbocycles. The first kappa shape index (κ1) is 21.9. The first-order valence-corrected chi connectivity index (χ1v) is 10.8. The largest absolute Gasteiger partial charge is 0.481 e. The average Bonchev–Trinajstić information content (AvgIpc) is 3.01. The Balaban J connectivity index is 1.73. The Kier molecular flexibility index (Phi) is 7.14. The molecule has 30 heavy (non-hydrogen) atoms. The maximum Gasteiger partial charge on any atom is 0.265 e. The van der Waals surface area contributed by atoms with Gasteiger partial charge in [-0.2, -0.15) is 0 Å². The van der Waals surface area contributed by atoms with Crippen molar-refractivity contribution >= 4 is 17.5 Å². The van der Waals surface area contributed by atoms with Gasteiger partial charge < -0.3 is 15.0 Å². The molecular weight excluding hydrogens is 376 g/mol. The van der Waals surface area contributed by atoms with Crippen molar-refractivity contribution < 1.29 is 14.3 Å². The predicted octanol–water partition coefficient (Wildman–Crippen LogP) is 5.03. The molecule has 1 aliphatic rings. The maximum atomic E-state index is 13.1. The molecule has 5 nitrogen and oxygen atoms in total. The molecule has 1 saturated heterocycles. The Morgan fingerprint density at radius 3 is 2.37 bits per heavy atom. The minimum Gasteiger partial charge on any atom is -0.481 e. The number of benzene rings is 2. The van der Waals surface area contributed by atoms with E-state index < -0.39 is 6.10 Å². The van der Waals surface area contributed by atoms with Crippen molar-refractivity contribution in [1.29, 1.82) is 0 Å². The molecule has 1 atom stereocenters. The van der Waals surface area contributed by atoms with Crippen LogP contribution >= 0.6 is 0 Å². The van der Waals surface area contributed by atoms with Gasteiger partial charge in [-0.1, -0.05) is 31.0 Å². The van der Waals surface area contributed by atoms with Crippen molar-refractivity contribution in [2.75, 3.05) is 18.4 Å². The van der Waals surface area contributed by atoms with Gasteiger partial charge in [0.2, 0.25) is 0 Å². The van der Waals surface area contributed by atoms with Gasteiger partial charge in [0, 0.05) is 13.1 Å². The Morgan fingerprint density at radius 1 is 1.00 bits per heavy atom. The smallest absolute Gasteiger partial charge is 0.265 e. The van der Waals surface area contributed by atoms with Gasteiger partial charge in [0.25, 0.3) is 11.8 Å². The molecule has 0 aromatic heterocycles. The van der Waals surface area contributed by atoms with Crippen LogP contribution in [0.3, 0.4) is 0 Å². The normalized spacial score (nSPS) is 15.3. The fourth-order valence-electron chi connectivity index (χ4n) is 3.82. The summed E-state index contributed by atoms with van der Waals surface area (Å²) in [6.07, 6.45) is 3.69. The molecule has 0 saturated carbocycles. The number of nitrogens with one attached hydrogen (secondary N) is 1. The molecule has 5 heteroatoms. The van der Waals surface area contributed by atoms with Crippen LogP contribution in [0.1, 0.15) is 59.7 Å². The van der Waals surface area contributed by atoms with Gasteiger partial charge in [-0.3, -0.25) is 9.59 Å². The molecule has 0 bridgehead atoms. The van der Waals surface area contributed by atoms with Crippen LogP contribution in [0, 0.1) is 20.8 Å². The van der Waals surface area contributed by atoms with Crippen LogP contribution in [0.5, 0.6) is 5.75 Å². The van der Waals surface area contributed by atoms with Crippen LogP contribution in [0.25, 0.3) is 0 Å². The number of para-hydroxylation sites is 1. The van der Waals surface area contributed by atoms with E-state index in [4.69, 9.17) is 4.74 Å². The Bertz CT molecular complexity index is 915. The highest BCUT2D eigenvalue weighted by atomic mass is 16.5. The summed E-state index contributed by atoms with van der Waals surface area (Å²) in [4.78, 5) is 27.8. The van der Waals surface area contributed by atoms with Crippen LogP contribution in [0.2, 0.25) is 0 Å². The number of aryl methyl sites for hydroxylation is 2. The fraction of sp³-hybridized carbons (Fsp3) is 0.440. The Morgan fingerprint density at radius 2 is 1.67 bits per heavy atom. The highest BCUT2D eigenvalue weighted by molar-refractivity contribution is 6.04. The molecular formula is C25H32N2O3. The number of ether oxygens (including phenoxy) is 1. The van der Waals surface area contributed by atoms with Crippen molar-refractivity contribution in [3.8, 4) is 5.75 Å². The van der Waals surface area contributed by atoms with Gasteiger partial charge in [-0.05, 0) is 75.4 Å². The molecule has 0 unspecified atom stereocenters. The fourth-order valence-corrected chi connectivity index (χ4v) is 3.82. The summed E-state index contributed by atoms with van der Waals surface area (Å²) in [5, 5.41) is 2.90. The molecule has 2 amide bonds. The van der Waals surface area contributed by atoms with Crippen LogP contribution in [0.15, 0.2) is 36.4 Å². The number of rotatable bonds is 5. The molecule has 0 spiro atoms. The van der Waals surface area contributed by atoms with Crippen molar-refractivity contribution in [3.63, 3.8) is 0 Å². The summed E-state index contributed by atoms with van der Waals surface area (Å²) in [5.74, 6) is 0.417. The predicted molar refractivity (Wildman–Crippen MR) is 120 cm³/mol. The zero-order valence-corrected chi connectivity index (χ0v) is 18.5. The highest BCUT2D eigenvalue weighted by Crippen LogP contribution is 2.25. The van der Waals surface area contributed by atoms with Gasteiger partial charge in [-0.25, -0.2) is 0 Å². The number of amides is 2. The van der Waals surface area contributed by atoms with Gasteiger partial charge >= 0.3 is 0 Å². The van der Waals surface area contributed by atoms with E-state index in [0.717, 1.165) is 55.5 Å². The quantitative estimate of drug-likeness (QED) is 0.754. The van der Waals surface area contributed by atoms with E-state index in [1.165, 1.54) is 0 Å². The number of hydrogen-bond donors (Lipinski definition) is 1. The average molecular weight is 409 g/mol. The van der Waals surface area contributed by atoms with Gasteiger partial charge in [-0.15, -0.1) is 0 Å². The lowest BCUT2D eigenvalue weighted by molar-refractivity contribution is -0.122. The molecule has 1 N–H and O–H groups in total. The Hall–Kier alpha value is -2.82. The molecule has 2 aromatic carbocycles. The van der Waals surface area contributed by atoms with Gasteiger partial charge in [0.15, 0.2) is 6.10 Å². The lowest BCUT2D eigenvalue weighted by Crippen LogP contribution is -2.34. The van der Waals surface area contributed by atoms with Crippen LogP contribution in [-0.2, 0) is 4.79 Å². The number of hydrogen-bond acceptors (Lipinski definition) is 3. The third kappa shape index (κ3) is 5.21. The van der Waals surface area contributed by atoms with Crippen molar-refractivity contribution in [3.05, 3.63) is 58.7 Å². The maximum absolute atomic E-state index is 13.1. The molecule has 1 fully saturated rings. The minimum atomic E-state index is -0.689. The summed E-state index contributed by atoms with van der Waals surface area (Å²) >= 11 is 0. The minimum absolute atomic E-state index is 0.0217. The molecule has 2 aromatic rings. The second-order valence-corrected chi connectivity index (χ2v) is 8.21. The van der Waals surface area contributed by atoms with Crippen molar-refractivity contribution in [2.24, 2.45) is 0 Å². The lowest BCUT2D eigenvalue weighted by atomic mass is 10.1. The number of likely N-dealkylation sites (tertiary alicyclic amines) is 1. The zero-order chi connectivity index (χ0) is 21.7. The summed E-state index contributed by atoms with van der Waals surface area (Å²) < 4.78 is 5.97. The Labute approximate surface area is 179 Å². The van der Waals surface area contributed by atoms with Crippen molar-refractivity contribution in [2.45, 2.75) is 59.5 Å². The molecule has 3 rings (SSSR count). The number of nitrogens with zero attached hydrogens (tertiary/aromatic N) is 1. The standard InChI is InChI=1S/C25H32N2O3/c1-17-15-18(2)19(3)23(16-17)30-20(4)24(28)26-22-12-8-7-11-21(22)25(29)27-13-9-5-6-10-14-27/h7-8,11-12,15-16,20H,5-6,9-10,13-14H2,1-4H3,(H,26,28)/t20-/m0/s1. The van der Waals surface area contributed by atoms with E-state index in [0.29, 0.717) is 17.0 Å². The molecule has 1 aliphatic heterocycles. The lowest BCUT2D eigenvalue weighted by Gasteiger charge is -2.23. The second-order valence-electron chi connectivity index (χ2n) is 8.21. The van der Waals surface area contributed by atoms with Crippen LogP contribution < -0.4 is 10.1 Å². The van der Waals surface area contributed by atoms with E-state index in [-0.39, 0.29) is 11.8 Å². The summed E-state index contributed by atoms with van der Waals surface area (Å²) in [6, 6.07) is 11.3. The third-order valence-corrected chi connectivity index (χ3v) is 5.75. The first-order chi connectivity index (χ1) is 14.4. The second kappa shape index (κ2) is 9.79. The van der Waals surface area contributed by atoms with E-state index in [9.17, 15) is 9.59 Å². The number of carbonyl (C=O) groups is 2. The monoisotopic (exact) mass is 408 g/mol. The van der Waals surface area contributed by atoms with E-state index in [1.807, 2.05) is 43.9 Å². The van der Waals surface area contributed by atoms with Gasteiger partial charge in [0.05, 0.1) is 11.3 Å². The molecule has 160 valence electrons. The van der Waals surface area contributed by atoms with Crippen molar-refractivity contribution in [1.82, 2.24) is 4.90 Å². The topological polar surface area (TPSA) is 58.6 Å². The van der Waals surface area contributed by atoms with E-state index in [1.54, 1.807) is 19.1 Å². The third-order valence-electron chi connectivity index (χ3n) is 5.75. The highest BCUT2D eigenvalue weighted by Gasteiger charge is 2.23. The van der Waals surface area contributed by atoms with Crippen LogP contribution in [0.4, 0.5) is 5.69 Å². The van der Waals surface area contributed by atoms with Gasteiger partial charge in [0.1, 0.15) is 5.75 Å². The first-order valence-electron chi connectivity index (χ1n) is 10.8. The van der Waals surface area contributed by atoms with E-state index >= 15 is 0 Å². The SMILES string of the molecule is Cc1cc(C)c(C)c(O[C@@H](C)C(=O)Nc2ccccc2C(=O)N2CCCCCC2)c1. The number of carbonyl (C=O) groups excluding carboxylic acids is 2. The van der Waals surface area contributed by atoms with E-state index in [2.05, 4.69) is 11.4 Å². The zero-order valence-electron chi connectivity index (χ0n) is 18.5. The summed E-state index contributed by atoms with van der Waals surface area (Å²) in [7, 11) is 0. The van der Waals surface area contributed by atoms with Crippen LogP contribution in [-0.4, -0.2) is 35.9 Å².